The van der Waals surface area contributed by atoms with Crippen molar-refractivity contribution >= 4 is 27.5 Å². The van der Waals surface area contributed by atoms with Crippen molar-refractivity contribution in [2.24, 2.45) is 0 Å². The highest BCUT2D eigenvalue weighted by atomic mass is 79.9. The Balaban J connectivity index is 2.74. The third-order valence-corrected chi connectivity index (χ3v) is 2.59. The molecule has 7 heteroatoms. The Labute approximate surface area is 111 Å². The van der Waals surface area contributed by atoms with Gasteiger partial charge in [0.05, 0.1) is 5.56 Å². The summed E-state index contributed by atoms with van der Waals surface area (Å²) < 4.78 is 38.6. The molecular weight excluding hydrogens is 313 g/mol. The summed E-state index contributed by atoms with van der Waals surface area (Å²) >= 11 is 3.12. The van der Waals surface area contributed by atoms with Gasteiger partial charge >= 0.3 is 6.18 Å². The molecule has 0 atom stereocenters. The van der Waals surface area contributed by atoms with Gasteiger partial charge in [-0.15, -0.1) is 0 Å². The van der Waals surface area contributed by atoms with Gasteiger partial charge in [0.25, 0.3) is 0 Å². The van der Waals surface area contributed by atoms with Crippen LogP contribution in [0.25, 0.3) is 0 Å². The van der Waals surface area contributed by atoms with Crippen molar-refractivity contribution in [2.75, 3.05) is 18.4 Å². The van der Waals surface area contributed by atoms with Crippen LogP contribution in [0, 0.1) is 0 Å². The number of alkyl halides is 3. The minimum atomic E-state index is -4.41. The summed E-state index contributed by atoms with van der Waals surface area (Å²) in [5.74, 6) is -0.220. The third-order valence-electron chi connectivity index (χ3n) is 2.10. The number of hydrogen-bond donors (Lipinski definition) is 2. The van der Waals surface area contributed by atoms with E-state index in [2.05, 4.69) is 26.6 Å². The number of benzene rings is 1. The van der Waals surface area contributed by atoms with Gasteiger partial charge in [-0.2, -0.15) is 13.2 Å². The maximum Gasteiger partial charge on any atom is 0.418 e. The van der Waals surface area contributed by atoms with Crippen LogP contribution in [0.5, 0.6) is 0 Å². The topological polar surface area (TPSA) is 41.1 Å². The van der Waals surface area contributed by atoms with E-state index < -0.39 is 11.7 Å². The zero-order valence-corrected chi connectivity index (χ0v) is 11.2. The Hall–Kier alpha value is -1.24. The van der Waals surface area contributed by atoms with Crippen molar-refractivity contribution in [3.8, 4) is 0 Å². The van der Waals surface area contributed by atoms with Gasteiger partial charge in [-0.25, -0.2) is 0 Å². The normalized spacial score (nSPS) is 11.2. The van der Waals surface area contributed by atoms with Crippen molar-refractivity contribution in [3.05, 3.63) is 28.2 Å². The maximum atomic E-state index is 12.7. The molecule has 0 radical (unpaired) electrons. The number of amides is 1. The van der Waals surface area contributed by atoms with E-state index in [1.807, 2.05) is 0 Å². The highest BCUT2D eigenvalue weighted by molar-refractivity contribution is 9.10. The number of carbonyl (C=O) groups is 1. The molecule has 0 fully saturated rings. The molecule has 0 saturated heterocycles. The van der Waals surface area contributed by atoms with Crippen LogP contribution >= 0.6 is 15.9 Å². The van der Waals surface area contributed by atoms with E-state index in [1.165, 1.54) is 19.1 Å². The summed E-state index contributed by atoms with van der Waals surface area (Å²) in [7, 11) is 0. The number of carbonyl (C=O) groups excluding carboxylic acids is 1. The Kier molecular flexibility index (Phi) is 5.01. The van der Waals surface area contributed by atoms with Crippen LogP contribution in [0.3, 0.4) is 0 Å². The largest absolute Gasteiger partial charge is 0.418 e. The fourth-order valence-electron chi connectivity index (χ4n) is 1.35. The van der Waals surface area contributed by atoms with E-state index in [-0.39, 0.29) is 24.7 Å². The van der Waals surface area contributed by atoms with Gasteiger partial charge in [0.2, 0.25) is 5.91 Å². The first-order valence-electron chi connectivity index (χ1n) is 5.16. The Bertz CT molecular complexity index is 435. The summed E-state index contributed by atoms with van der Waals surface area (Å²) in [6.45, 7) is 1.83. The number of rotatable bonds is 4. The first kappa shape index (κ1) is 14.8. The monoisotopic (exact) mass is 324 g/mol. The van der Waals surface area contributed by atoms with Gasteiger partial charge in [0, 0.05) is 30.2 Å². The molecular formula is C11H12BrF3N2O. The first-order valence-corrected chi connectivity index (χ1v) is 5.95. The van der Waals surface area contributed by atoms with Gasteiger partial charge in [0.1, 0.15) is 0 Å². The fraction of sp³-hybridized carbons (Fsp3) is 0.364. The van der Waals surface area contributed by atoms with Crippen LogP contribution in [0.15, 0.2) is 22.7 Å². The second kappa shape index (κ2) is 6.08. The minimum Gasteiger partial charge on any atom is -0.383 e. The van der Waals surface area contributed by atoms with Crippen LogP contribution in [0.1, 0.15) is 12.5 Å². The average molecular weight is 325 g/mol. The first-order chi connectivity index (χ1) is 8.30. The van der Waals surface area contributed by atoms with Crippen LogP contribution in [0.4, 0.5) is 18.9 Å². The standard InChI is InChI=1S/C11H12BrF3N2O/c1-7(18)16-4-5-17-10-6-8(12)2-3-9(10)11(13,14)15/h2-3,6,17H,4-5H2,1H3,(H,16,18). The van der Waals surface area contributed by atoms with Gasteiger partial charge in [0.15, 0.2) is 0 Å². The predicted molar refractivity (Wildman–Crippen MR) is 66.3 cm³/mol. The van der Waals surface area contributed by atoms with Crippen molar-refractivity contribution in [1.82, 2.24) is 5.32 Å². The molecule has 1 amide bonds. The van der Waals surface area contributed by atoms with Gasteiger partial charge in [-0.1, -0.05) is 15.9 Å². The quantitative estimate of drug-likeness (QED) is 0.836. The Morgan fingerprint density at radius 2 is 2.00 bits per heavy atom. The Morgan fingerprint density at radius 3 is 2.56 bits per heavy atom. The molecule has 0 aliphatic carbocycles. The van der Waals surface area contributed by atoms with Crippen molar-refractivity contribution in [1.29, 1.82) is 0 Å². The molecule has 18 heavy (non-hydrogen) atoms. The van der Waals surface area contributed by atoms with Crippen LogP contribution in [-0.4, -0.2) is 19.0 Å². The zero-order chi connectivity index (χ0) is 13.8. The number of anilines is 1. The molecule has 0 aliphatic heterocycles. The molecule has 100 valence electrons. The lowest BCUT2D eigenvalue weighted by molar-refractivity contribution is -0.137. The molecule has 0 bridgehead atoms. The second-order valence-corrected chi connectivity index (χ2v) is 4.51. The predicted octanol–water partition coefficient (Wildman–Crippen LogP) is 3.02. The van der Waals surface area contributed by atoms with Gasteiger partial charge in [-0.05, 0) is 18.2 Å². The molecule has 0 saturated carbocycles. The molecule has 3 nitrogen and oxygen atoms in total. The number of nitrogens with one attached hydrogen (secondary N) is 2. The summed E-state index contributed by atoms with van der Waals surface area (Å²) in [5, 5.41) is 5.15. The van der Waals surface area contributed by atoms with Crippen molar-refractivity contribution in [3.63, 3.8) is 0 Å². The summed E-state index contributed by atoms with van der Waals surface area (Å²) in [5.41, 5.74) is -0.740. The van der Waals surface area contributed by atoms with E-state index in [4.69, 9.17) is 0 Å². The van der Waals surface area contributed by atoms with Crippen LogP contribution in [0.2, 0.25) is 0 Å². The van der Waals surface area contributed by atoms with Crippen LogP contribution < -0.4 is 10.6 Å². The smallest absolute Gasteiger partial charge is 0.383 e. The number of halogens is 4. The van der Waals surface area contributed by atoms with Gasteiger partial charge < -0.3 is 10.6 Å². The van der Waals surface area contributed by atoms with Crippen LogP contribution in [-0.2, 0) is 11.0 Å². The lowest BCUT2D eigenvalue weighted by atomic mass is 10.1. The molecule has 0 spiro atoms. The van der Waals surface area contributed by atoms with E-state index in [9.17, 15) is 18.0 Å². The summed E-state index contributed by atoms with van der Waals surface area (Å²) in [4.78, 5) is 10.6. The molecule has 0 heterocycles. The lowest BCUT2D eigenvalue weighted by Gasteiger charge is -2.15. The highest BCUT2D eigenvalue weighted by Crippen LogP contribution is 2.36. The van der Waals surface area contributed by atoms with E-state index in [1.54, 1.807) is 0 Å². The fourth-order valence-corrected chi connectivity index (χ4v) is 1.71. The average Bonchev–Trinajstić information content (AvgIpc) is 2.22. The molecule has 1 rings (SSSR count). The molecule has 0 unspecified atom stereocenters. The molecule has 0 aliphatic rings. The highest BCUT2D eigenvalue weighted by Gasteiger charge is 2.33. The number of hydrogen-bond acceptors (Lipinski definition) is 2. The SMILES string of the molecule is CC(=O)NCCNc1cc(Br)ccc1C(F)(F)F. The molecule has 2 N–H and O–H groups in total. The van der Waals surface area contributed by atoms with E-state index in [0.29, 0.717) is 4.47 Å². The maximum absolute atomic E-state index is 12.7. The lowest BCUT2D eigenvalue weighted by Crippen LogP contribution is -2.26. The summed E-state index contributed by atoms with van der Waals surface area (Å²) in [6.07, 6.45) is -4.41. The van der Waals surface area contributed by atoms with E-state index in [0.717, 1.165) is 6.07 Å². The van der Waals surface area contributed by atoms with Gasteiger partial charge in [-0.3, -0.25) is 4.79 Å². The van der Waals surface area contributed by atoms with Crippen molar-refractivity contribution < 1.29 is 18.0 Å². The molecule has 1 aromatic rings. The minimum absolute atomic E-state index is 0.0118. The Morgan fingerprint density at radius 1 is 1.33 bits per heavy atom. The molecule has 0 aromatic heterocycles. The van der Waals surface area contributed by atoms with Crippen molar-refractivity contribution in [2.45, 2.75) is 13.1 Å². The zero-order valence-electron chi connectivity index (χ0n) is 9.57. The third kappa shape index (κ3) is 4.56. The summed E-state index contributed by atoms with van der Waals surface area (Å²) in [6, 6.07) is 3.70. The van der Waals surface area contributed by atoms with E-state index >= 15 is 0 Å². The molecule has 1 aromatic carbocycles. The second-order valence-electron chi connectivity index (χ2n) is 3.60.